The van der Waals surface area contributed by atoms with Crippen LogP contribution in [0.3, 0.4) is 0 Å². The molecular formula is C9H8BrN3. The summed E-state index contributed by atoms with van der Waals surface area (Å²) in [5.41, 5.74) is 0.896. The van der Waals surface area contributed by atoms with Gasteiger partial charge in [-0.05, 0) is 28.1 Å². The fraction of sp³-hybridized carbons (Fsp3) is 0.111. The number of pyridine rings is 2. The number of aromatic nitrogens is 2. The Morgan fingerprint density at radius 3 is 3.00 bits per heavy atom. The molecule has 0 spiro atoms. The Labute approximate surface area is 84.3 Å². The number of halogens is 1. The maximum Gasteiger partial charge on any atom is 0.152 e. The normalized spacial score (nSPS) is 10.3. The molecule has 0 bridgehead atoms. The highest BCUT2D eigenvalue weighted by Crippen LogP contribution is 2.21. The van der Waals surface area contributed by atoms with Gasteiger partial charge < -0.3 is 5.32 Å². The zero-order chi connectivity index (χ0) is 9.26. The van der Waals surface area contributed by atoms with Crippen LogP contribution in [-0.2, 0) is 0 Å². The summed E-state index contributed by atoms with van der Waals surface area (Å²) >= 11 is 3.38. The van der Waals surface area contributed by atoms with E-state index in [9.17, 15) is 0 Å². The van der Waals surface area contributed by atoms with E-state index in [1.54, 1.807) is 12.4 Å². The number of nitrogens with one attached hydrogen (secondary N) is 1. The molecule has 13 heavy (non-hydrogen) atoms. The second kappa shape index (κ2) is 3.30. The van der Waals surface area contributed by atoms with Crippen molar-refractivity contribution < 1.29 is 0 Å². The first kappa shape index (κ1) is 8.44. The van der Waals surface area contributed by atoms with Gasteiger partial charge in [-0.25, -0.2) is 4.98 Å². The first-order chi connectivity index (χ1) is 6.31. The van der Waals surface area contributed by atoms with Crippen molar-refractivity contribution in [1.29, 1.82) is 0 Å². The van der Waals surface area contributed by atoms with E-state index < -0.39 is 0 Å². The summed E-state index contributed by atoms with van der Waals surface area (Å²) in [5, 5.41) is 4.08. The first-order valence-electron chi connectivity index (χ1n) is 3.89. The molecule has 4 heteroatoms. The molecule has 2 aromatic rings. The molecule has 0 unspecified atom stereocenters. The Morgan fingerprint density at radius 1 is 1.38 bits per heavy atom. The fourth-order valence-electron chi connectivity index (χ4n) is 1.22. The molecule has 0 saturated heterocycles. The van der Waals surface area contributed by atoms with E-state index in [-0.39, 0.29) is 0 Å². The van der Waals surface area contributed by atoms with Crippen molar-refractivity contribution in [3.05, 3.63) is 29.0 Å². The molecule has 0 fully saturated rings. The van der Waals surface area contributed by atoms with Crippen molar-refractivity contribution >= 4 is 32.7 Å². The topological polar surface area (TPSA) is 37.8 Å². The number of nitrogens with zero attached hydrogens (tertiary/aromatic N) is 2. The number of anilines is 1. The van der Waals surface area contributed by atoms with Crippen LogP contribution in [0.1, 0.15) is 0 Å². The molecule has 0 aliphatic heterocycles. The lowest BCUT2D eigenvalue weighted by Crippen LogP contribution is -1.94. The van der Waals surface area contributed by atoms with Gasteiger partial charge >= 0.3 is 0 Å². The van der Waals surface area contributed by atoms with E-state index in [4.69, 9.17) is 0 Å². The summed E-state index contributed by atoms with van der Waals surface area (Å²) in [6.07, 6.45) is 3.53. The third kappa shape index (κ3) is 1.49. The van der Waals surface area contributed by atoms with E-state index in [0.717, 1.165) is 21.2 Å². The molecule has 2 heterocycles. The van der Waals surface area contributed by atoms with Crippen molar-refractivity contribution in [3.8, 4) is 0 Å². The average Bonchev–Trinajstić information content (AvgIpc) is 2.16. The molecule has 2 aromatic heterocycles. The van der Waals surface area contributed by atoms with Gasteiger partial charge in [0.25, 0.3) is 0 Å². The summed E-state index contributed by atoms with van der Waals surface area (Å²) in [6, 6.07) is 3.96. The molecular weight excluding hydrogens is 230 g/mol. The lowest BCUT2D eigenvalue weighted by Gasteiger charge is -2.02. The molecule has 1 N–H and O–H groups in total. The summed E-state index contributed by atoms with van der Waals surface area (Å²) < 4.78 is 0.980. The lowest BCUT2D eigenvalue weighted by molar-refractivity contribution is 1.27. The minimum Gasteiger partial charge on any atom is -0.371 e. The summed E-state index contributed by atoms with van der Waals surface area (Å²) in [7, 11) is 1.84. The predicted molar refractivity (Wildman–Crippen MR) is 56.8 cm³/mol. The van der Waals surface area contributed by atoms with Crippen LogP contribution in [0, 0.1) is 0 Å². The molecule has 3 nitrogen and oxygen atoms in total. The molecule has 66 valence electrons. The van der Waals surface area contributed by atoms with Crippen LogP contribution in [0.4, 0.5) is 5.82 Å². The van der Waals surface area contributed by atoms with E-state index in [0.29, 0.717) is 0 Å². The quantitative estimate of drug-likeness (QED) is 0.829. The standard InChI is InChI=1S/C9H8BrN3/c1-11-9-8-6(2-3-12-9)4-7(10)5-13-8/h2-5H,1H3,(H,11,12). The van der Waals surface area contributed by atoms with Gasteiger partial charge in [-0.2, -0.15) is 0 Å². The Balaban J connectivity index is 2.77. The van der Waals surface area contributed by atoms with Gasteiger partial charge in [-0.1, -0.05) is 0 Å². The summed E-state index contributed by atoms with van der Waals surface area (Å²) in [6.45, 7) is 0. The third-order valence-corrected chi connectivity index (χ3v) is 2.24. The monoisotopic (exact) mass is 237 g/mol. The maximum atomic E-state index is 4.28. The Bertz CT molecular complexity index is 442. The van der Waals surface area contributed by atoms with E-state index in [2.05, 4.69) is 31.2 Å². The van der Waals surface area contributed by atoms with Gasteiger partial charge in [0.1, 0.15) is 5.52 Å². The molecule has 0 aromatic carbocycles. The number of fused-ring (bicyclic) bond motifs is 1. The van der Waals surface area contributed by atoms with Crippen molar-refractivity contribution in [2.75, 3.05) is 12.4 Å². The van der Waals surface area contributed by atoms with Crippen LogP contribution in [0.15, 0.2) is 29.0 Å². The van der Waals surface area contributed by atoms with Gasteiger partial charge in [0.15, 0.2) is 5.82 Å². The van der Waals surface area contributed by atoms with Crippen LogP contribution in [0.5, 0.6) is 0 Å². The molecule has 0 radical (unpaired) electrons. The van der Waals surface area contributed by atoms with Crippen LogP contribution < -0.4 is 5.32 Å². The third-order valence-electron chi connectivity index (χ3n) is 1.80. The Morgan fingerprint density at radius 2 is 2.23 bits per heavy atom. The van der Waals surface area contributed by atoms with Gasteiger partial charge in [0.2, 0.25) is 0 Å². The van der Waals surface area contributed by atoms with Gasteiger partial charge in [0, 0.05) is 29.3 Å². The van der Waals surface area contributed by atoms with Gasteiger partial charge in [-0.3, -0.25) is 4.98 Å². The average molecular weight is 238 g/mol. The zero-order valence-corrected chi connectivity index (χ0v) is 8.67. The second-order valence-electron chi connectivity index (χ2n) is 2.63. The number of rotatable bonds is 1. The molecule has 0 aliphatic carbocycles. The first-order valence-corrected chi connectivity index (χ1v) is 4.68. The summed E-state index contributed by atoms with van der Waals surface area (Å²) in [5.74, 6) is 0.810. The van der Waals surface area contributed by atoms with Crippen LogP contribution in [0.25, 0.3) is 10.9 Å². The van der Waals surface area contributed by atoms with Gasteiger partial charge in [0.05, 0.1) is 0 Å². The van der Waals surface area contributed by atoms with E-state index in [1.807, 2.05) is 19.2 Å². The highest BCUT2D eigenvalue weighted by molar-refractivity contribution is 9.10. The van der Waals surface area contributed by atoms with E-state index in [1.165, 1.54) is 0 Å². The molecule has 0 amide bonds. The summed E-state index contributed by atoms with van der Waals surface area (Å²) in [4.78, 5) is 8.45. The molecule has 2 rings (SSSR count). The van der Waals surface area contributed by atoms with Crippen LogP contribution in [-0.4, -0.2) is 17.0 Å². The minimum atomic E-state index is 0.810. The van der Waals surface area contributed by atoms with Crippen molar-refractivity contribution in [3.63, 3.8) is 0 Å². The van der Waals surface area contributed by atoms with Crippen molar-refractivity contribution in [2.45, 2.75) is 0 Å². The Hall–Kier alpha value is -1.16. The van der Waals surface area contributed by atoms with E-state index >= 15 is 0 Å². The second-order valence-corrected chi connectivity index (χ2v) is 3.55. The zero-order valence-electron chi connectivity index (χ0n) is 7.08. The van der Waals surface area contributed by atoms with Crippen molar-refractivity contribution in [2.24, 2.45) is 0 Å². The largest absolute Gasteiger partial charge is 0.371 e. The molecule has 0 atom stereocenters. The van der Waals surface area contributed by atoms with Crippen molar-refractivity contribution in [1.82, 2.24) is 9.97 Å². The number of hydrogen-bond acceptors (Lipinski definition) is 3. The smallest absolute Gasteiger partial charge is 0.152 e. The number of hydrogen-bond donors (Lipinski definition) is 1. The SMILES string of the molecule is CNc1nccc2cc(Br)cnc12. The fourth-order valence-corrected chi connectivity index (χ4v) is 1.57. The maximum absolute atomic E-state index is 4.28. The predicted octanol–water partition coefficient (Wildman–Crippen LogP) is 2.43. The minimum absolute atomic E-state index is 0.810. The lowest BCUT2D eigenvalue weighted by atomic mass is 10.2. The van der Waals surface area contributed by atoms with Gasteiger partial charge in [-0.15, -0.1) is 0 Å². The van der Waals surface area contributed by atoms with Crippen LogP contribution in [0.2, 0.25) is 0 Å². The highest BCUT2D eigenvalue weighted by atomic mass is 79.9. The van der Waals surface area contributed by atoms with Crippen LogP contribution >= 0.6 is 15.9 Å². The molecule has 0 aliphatic rings. The molecule has 0 saturated carbocycles. The Kier molecular flexibility index (Phi) is 2.14. The highest BCUT2D eigenvalue weighted by Gasteiger charge is 2.01.